The zero-order valence-corrected chi connectivity index (χ0v) is 16.2. The van der Waals surface area contributed by atoms with Gasteiger partial charge in [0.2, 0.25) is 10.0 Å². The maximum absolute atomic E-state index is 12.2. The minimum absolute atomic E-state index is 0.0611. The third-order valence-corrected chi connectivity index (χ3v) is 5.42. The van der Waals surface area contributed by atoms with Crippen LogP contribution in [0.5, 0.6) is 5.75 Å². The van der Waals surface area contributed by atoms with E-state index in [-0.39, 0.29) is 10.5 Å². The maximum Gasteiger partial charge on any atom is 0.337 e. The number of anilines is 1. The topological polar surface area (TPSA) is 105 Å². The Morgan fingerprint density at radius 3 is 2.41 bits per heavy atom. The van der Waals surface area contributed by atoms with Gasteiger partial charge in [0.15, 0.2) is 0 Å². The molecule has 7 nitrogen and oxygen atoms in total. The van der Waals surface area contributed by atoms with Gasteiger partial charge in [-0.15, -0.1) is 0 Å². The van der Waals surface area contributed by atoms with Crippen molar-refractivity contribution in [3.05, 3.63) is 53.6 Å². The minimum atomic E-state index is -3.72. The van der Waals surface area contributed by atoms with Crippen LogP contribution in [0.4, 0.5) is 5.69 Å². The van der Waals surface area contributed by atoms with Crippen molar-refractivity contribution in [1.82, 2.24) is 4.72 Å². The van der Waals surface area contributed by atoms with Crippen molar-refractivity contribution in [3.8, 4) is 5.75 Å². The molecule has 0 unspecified atom stereocenters. The monoisotopic (exact) mass is 392 g/mol. The second-order valence-electron chi connectivity index (χ2n) is 5.94. The van der Waals surface area contributed by atoms with E-state index in [9.17, 15) is 18.3 Å². The van der Waals surface area contributed by atoms with Crippen LogP contribution in [0, 0.1) is 0 Å². The highest BCUT2D eigenvalue weighted by Crippen LogP contribution is 2.21. The Morgan fingerprint density at radius 2 is 1.81 bits per heavy atom. The van der Waals surface area contributed by atoms with Crippen LogP contribution in [-0.4, -0.2) is 39.7 Å². The summed E-state index contributed by atoms with van der Waals surface area (Å²) in [5, 5.41) is 12.5. The quantitative estimate of drug-likeness (QED) is 0.574. The van der Waals surface area contributed by atoms with E-state index in [0.717, 1.165) is 11.3 Å². The van der Waals surface area contributed by atoms with Crippen molar-refractivity contribution < 1.29 is 23.1 Å². The number of hydrogen-bond donors (Lipinski definition) is 3. The Labute approximate surface area is 159 Å². The summed E-state index contributed by atoms with van der Waals surface area (Å²) in [6.07, 6.45) is 1.33. The van der Waals surface area contributed by atoms with E-state index >= 15 is 0 Å². The number of methoxy groups -OCH3 is 1. The Morgan fingerprint density at radius 1 is 1.11 bits per heavy atom. The zero-order chi connectivity index (χ0) is 19.9. The molecule has 0 saturated carbocycles. The van der Waals surface area contributed by atoms with Crippen LogP contribution in [0.2, 0.25) is 0 Å². The second-order valence-corrected chi connectivity index (χ2v) is 7.70. The normalized spacial score (nSPS) is 11.2. The van der Waals surface area contributed by atoms with Gasteiger partial charge in [-0.2, -0.15) is 0 Å². The molecule has 8 heteroatoms. The van der Waals surface area contributed by atoms with Gasteiger partial charge in [-0.05, 0) is 48.7 Å². The molecular formula is C19H24N2O5S. The standard InChI is InChI=1S/C19H24N2O5S/c1-3-11-21-27(24,25)16-8-9-18(17(13-16)19(22)23)20-12-10-14-4-6-15(26-2)7-5-14/h4-9,13,20-21H,3,10-12H2,1-2H3,(H,22,23). The molecule has 0 radical (unpaired) electrons. The number of benzene rings is 2. The molecule has 2 aromatic rings. The number of sulfonamides is 1. The number of carbonyl (C=O) groups is 1. The largest absolute Gasteiger partial charge is 0.497 e. The Hall–Kier alpha value is -2.58. The lowest BCUT2D eigenvalue weighted by atomic mass is 10.1. The summed E-state index contributed by atoms with van der Waals surface area (Å²) in [6.45, 7) is 2.65. The van der Waals surface area contributed by atoms with E-state index in [1.54, 1.807) is 7.11 Å². The summed E-state index contributed by atoms with van der Waals surface area (Å²) < 4.78 is 31.9. The van der Waals surface area contributed by atoms with Crippen LogP contribution in [0.1, 0.15) is 29.3 Å². The lowest BCUT2D eigenvalue weighted by Gasteiger charge is -2.12. The Kier molecular flexibility index (Phi) is 7.20. The predicted molar refractivity (Wildman–Crippen MR) is 104 cm³/mol. The second kappa shape index (κ2) is 9.38. The van der Waals surface area contributed by atoms with Crippen LogP contribution >= 0.6 is 0 Å². The first kappa shape index (κ1) is 20.7. The fraction of sp³-hybridized carbons (Fsp3) is 0.316. The Balaban J connectivity index is 2.10. The molecule has 0 amide bonds. The number of ether oxygens (including phenoxy) is 1. The number of aromatic carboxylic acids is 1. The summed E-state index contributed by atoms with van der Waals surface area (Å²) in [4.78, 5) is 11.5. The highest BCUT2D eigenvalue weighted by atomic mass is 32.2. The van der Waals surface area contributed by atoms with Gasteiger partial charge in [0.25, 0.3) is 0 Å². The number of rotatable bonds is 10. The molecule has 2 rings (SSSR count). The van der Waals surface area contributed by atoms with Crippen molar-refractivity contribution in [2.45, 2.75) is 24.7 Å². The van der Waals surface area contributed by atoms with E-state index < -0.39 is 16.0 Å². The van der Waals surface area contributed by atoms with Gasteiger partial charge in [-0.1, -0.05) is 19.1 Å². The molecular weight excluding hydrogens is 368 g/mol. The highest BCUT2D eigenvalue weighted by Gasteiger charge is 2.18. The molecule has 0 fully saturated rings. The molecule has 146 valence electrons. The fourth-order valence-corrected chi connectivity index (χ4v) is 3.63. The van der Waals surface area contributed by atoms with Crippen molar-refractivity contribution in [1.29, 1.82) is 0 Å². The van der Waals surface area contributed by atoms with Gasteiger partial charge in [-0.3, -0.25) is 0 Å². The summed E-state index contributed by atoms with van der Waals surface area (Å²) in [7, 11) is -2.12. The lowest BCUT2D eigenvalue weighted by molar-refractivity contribution is 0.0697. The van der Waals surface area contributed by atoms with E-state index in [2.05, 4.69) is 10.0 Å². The number of hydrogen-bond acceptors (Lipinski definition) is 5. The van der Waals surface area contributed by atoms with E-state index in [0.29, 0.717) is 31.6 Å². The average Bonchev–Trinajstić information content (AvgIpc) is 2.67. The first-order valence-corrected chi connectivity index (χ1v) is 10.1. The van der Waals surface area contributed by atoms with Crippen LogP contribution in [0.15, 0.2) is 47.4 Å². The molecule has 3 N–H and O–H groups in total. The van der Waals surface area contributed by atoms with Crippen LogP contribution < -0.4 is 14.8 Å². The van der Waals surface area contributed by atoms with Gasteiger partial charge in [0.1, 0.15) is 5.75 Å². The van der Waals surface area contributed by atoms with E-state index in [1.165, 1.54) is 18.2 Å². The molecule has 27 heavy (non-hydrogen) atoms. The van der Waals surface area contributed by atoms with Crippen molar-refractivity contribution >= 4 is 21.7 Å². The van der Waals surface area contributed by atoms with Gasteiger partial charge in [0.05, 0.1) is 17.6 Å². The third kappa shape index (κ3) is 5.70. The highest BCUT2D eigenvalue weighted by molar-refractivity contribution is 7.89. The van der Waals surface area contributed by atoms with Crippen molar-refractivity contribution in [3.63, 3.8) is 0 Å². The van der Waals surface area contributed by atoms with Crippen molar-refractivity contribution in [2.75, 3.05) is 25.5 Å². The molecule has 0 atom stereocenters. The molecule has 0 heterocycles. The van der Waals surface area contributed by atoms with Gasteiger partial charge >= 0.3 is 5.97 Å². The number of carboxylic acids is 1. The van der Waals surface area contributed by atoms with Gasteiger partial charge in [0, 0.05) is 18.8 Å². The summed E-state index contributed by atoms with van der Waals surface area (Å²) in [5.41, 5.74) is 1.37. The summed E-state index contributed by atoms with van der Waals surface area (Å²) in [5.74, 6) is -0.414. The van der Waals surface area contributed by atoms with Crippen molar-refractivity contribution in [2.24, 2.45) is 0 Å². The molecule has 0 bridgehead atoms. The minimum Gasteiger partial charge on any atom is -0.497 e. The number of carboxylic acid groups (broad SMARTS) is 1. The predicted octanol–water partition coefficient (Wildman–Crippen LogP) is 2.74. The SMILES string of the molecule is CCCNS(=O)(=O)c1ccc(NCCc2ccc(OC)cc2)c(C(=O)O)c1. The molecule has 0 aliphatic carbocycles. The molecule has 2 aromatic carbocycles. The molecule has 0 aromatic heterocycles. The number of nitrogens with one attached hydrogen (secondary N) is 2. The van der Waals surface area contributed by atoms with Gasteiger partial charge in [-0.25, -0.2) is 17.9 Å². The van der Waals surface area contributed by atoms with E-state index in [4.69, 9.17) is 4.74 Å². The first-order chi connectivity index (χ1) is 12.9. The lowest BCUT2D eigenvalue weighted by Crippen LogP contribution is -2.24. The van der Waals surface area contributed by atoms with Crippen LogP contribution in [-0.2, 0) is 16.4 Å². The Bertz CT molecular complexity index is 879. The van der Waals surface area contributed by atoms with E-state index in [1.807, 2.05) is 31.2 Å². The molecule has 0 saturated heterocycles. The zero-order valence-electron chi connectivity index (χ0n) is 15.4. The van der Waals surface area contributed by atoms with Crippen LogP contribution in [0.25, 0.3) is 0 Å². The first-order valence-electron chi connectivity index (χ1n) is 8.61. The fourth-order valence-electron chi connectivity index (χ4n) is 2.48. The molecule has 0 aliphatic heterocycles. The average molecular weight is 392 g/mol. The van der Waals surface area contributed by atoms with Gasteiger partial charge < -0.3 is 15.2 Å². The summed E-state index contributed by atoms with van der Waals surface area (Å²) >= 11 is 0. The maximum atomic E-state index is 12.2. The summed E-state index contributed by atoms with van der Waals surface area (Å²) in [6, 6.07) is 11.7. The smallest absolute Gasteiger partial charge is 0.337 e. The molecule has 0 spiro atoms. The molecule has 0 aliphatic rings. The third-order valence-electron chi connectivity index (χ3n) is 3.96. The van der Waals surface area contributed by atoms with Crippen LogP contribution in [0.3, 0.4) is 0 Å².